The predicted octanol–water partition coefficient (Wildman–Crippen LogP) is 4.78. The van der Waals surface area contributed by atoms with E-state index in [0.29, 0.717) is 52.9 Å². The molecular formula is C24H24F2N3O2PS. The number of amides is 2. The van der Waals surface area contributed by atoms with E-state index in [1.807, 2.05) is 0 Å². The van der Waals surface area contributed by atoms with E-state index in [2.05, 4.69) is 24.9 Å². The molecule has 2 amide bonds. The van der Waals surface area contributed by atoms with Gasteiger partial charge in [-0.05, 0) is 54.3 Å². The Morgan fingerprint density at radius 2 is 1.85 bits per heavy atom. The monoisotopic (exact) mass is 487 g/mol. The molecule has 3 aromatic rings. The van der Waals surface area contributed by atoms with Gasteiger partial charge < -0.3 is 10.6 Å². The highest BCUT2D eigenvalue weighted by atomic mass is 32.1. The molecule has 0 radical (unpaired) electrons. The quantitative estimate of drug-likeness (QED) is 0.187. The minimum atomic E-state index is -0.397. The number of unbranched alkanes of at least 4 members (excludes halogenated alkanes) is 2. The third-order valence-electron chi connectivity index (χ3n) is 4.78. The summed E-state index contributed by atoms with van der Waals surface area (Å²) in [6.45, 7) is 0.434. The third-order valence-corrected chi connectivity index (χ3v) is 5.91. The number of nitrogens with one attached hydrogen (secondary N) is 2. The Kier molecular flexibility index (Phi) is 9.22. The number of nitrogens with zero attached hydrogens (tertiary/aromatic N) is 1. The van der Waals surface area contributed by atoms with Crippen LogP contribution in [0.4, 0.5) is 13.9 Å². The Morgan fingerprint density at radius 1 is 1.06 bits per heavy atom. The first-order valence-corrected chi connectivity index (χ1v) is 11.9. The first-order valence-electron chi connectivity index (χ1n) is 10.4. The number of hydrogen-bond donors (Lipinski definition) is 2. The van der Waals surface area contributed by atoms with Crippen LogP contribution in [0.25, 0.3) is 11.6 Å². The summed E-state index contributed by atoms with van der Waals surface area (Å²) in [4.78, 5) is 28.8. The minimum Gasteiger partial charge on any atom is -0.352 e. The van der Waals surface area contributed by atoms with Crippen LogP contribution in [0.15, 0.2) is 54.0 Å². The molecular weight excluding hydrogens is 463 g/mol. The maximum absolute atomic E-state index is 13.6. The Hall–Kier alpha value is -2.96. The van der Waals surface area contributed by atoms with Gasteiger partial charge in [-0.1, -0.05) is 24.6 Å². The summed E-state index contributed by atoms with van der Waals surface area (Å²) in [5.41, 5.74) is 1.57. The standard InChI is InChI=1S/C24H24F2N3O2PS/c25-18-8-6-17(7-9-18)19(14-16-5-10-20(26)21(32)15-16)23(31)27-11-3-1-2-4-22(30)29-24-28-12-13-33-24/h5-10,12-15H,1-4,11,32H2,(H,27,31)(H,28,29,30)/b19-14-. The maximum atomic E-state index is 13.6. The zero-order valence-electron chi connectivity index (χ0n) is 17.8. The molecule has 1 heterocycles. The highest BCUT2D eigenvalue weighted by Crippen LogP contribution is 2.20. The van der Waals surface area contributed by atoms with E-state index in [0.717, 1.165) is 6.42 Å². The second-order valence-corrected chi connectivity index (χ2v) is 8.81. The van der Waals surface area contributed by atoms with Gasteiger partial charge in [0.15, 0.2) is 5.13 Å². The van der Waals surface area contributed by atoms with Gasteiger partial charge in [-0.25, -0.2) is 13.8 Å². The highest BCUT2D eigenvalue weighted by Gasteiger charge is 2.13. The number of aromatic nitrogens is 1. The van der Waals surface area contributed by atoms with E-state index in [-0.39, 0.29) is 17.6 Å². The van der Waals surface area contributed by atoms with E-state index in [1.54, 1.807) is 29.8 Å². The minimum absolute atomic E-state index is 0.0803. The smallest absolute Gasteiger partial charge is 0.251 e. The van der Waals surface area contributed by atoms with Crippen LogP contribution >= 0.6 is 20.6 Å². The van der Waals surface area contributed by atoms with E-state index in [9.17, 15) is 18.4 Å². The summed E-state index contributed by atoms with van der Waals surface area (Å²) >= 11 is 1.37. The molecule has 5 nitrogen and oxygen atoms in total. The van der Waals surface area contributed by atoms with Gasteiger partial charge in [-0.2, -0.15) is 0 Å². The number of anilines is 1. The van der Waals surface area contributed by atoms with Crippen molar-refractivity contribution in [3.63, 3.8) is 0 Å². The molecule has 1 atom stereocenters. The molecule has 9 heteroatoms. The Labute approximate surface area is 197 Å². The highest BCUT2D eigenvalue weighted by molar-refractivity contribution is 7.27. The van der Waals surface area contributed by atoms with Gasteiger partial charge in [-0.15, -0.1) is 20.6 Å². The number of benzene rings is 2. The number of rotatable bonds is 10. The summed E-state index contributed by atoms with van der Waals surface area (Å²) in [5, 5.41) is 8.39. The average molecular weight is 488 g/mol. The molecule has 0 aliphatic heterocycles. The lowest BCUT2D eigenvalue weighted by Crippen LogP contribution is -2.25. The summed E-state index contributed by atoms with van der Waals surface area (Å²) in [6.07, 6.45) is 5.84. The topological polar surface area (TPSA) is 71.1 Å². The van der Waals surface area contributed by atoms with Crippen LogP contribution in [0.1, 0.15) is 36.8 Å². The second kappa shape index (κ2) is 12.3. The van der Waals surface area contributed by atoms with Crippen molar-refractivity contribution >= 4 is 54.5 Å². The predicted molar refractivity (Wildman–Crippen MR) is 132 cm³/mol. The second-order valence-electron chi connectivity index (χ2n) is 7.30. The van der Waals surface area contributed by atoms with Crippen molar-refractivity contribution in [3.05, 3.63) is 76.8 Å². The Morgan fingerprint density at radius 3 is 2.55 bits per heavy atom. The summed E-state index contributed by atoms with van der Waals surface area (Å²) < 4.78 is 26.9. The largest absolute Gasteiger partial charge is 0.352 e. The number of halogens is 2. The van der Waals surface area contributed by atoms with E-state index >= 15 is 0 Å². The van der Waals surface area contributed by atoms with Crippen molar-refractivity contribution in [3.8, 4) is 0 Å². The van der Waals surface area contributed by atoms with Crippen molar-refractivity contribution in [2.45, 2.75) is 25.7 Å². The van der Waals surface area contributed by atoms with Crippen molar-refractivity contribution in [1.82, 2.24) is 10.3 Å². The van der Waals surface area contributed by atoms with Crippen molar-refractivity contribution in [2.24, 2.45) is 0 Å². The normalized spacial score (nSPS) is 11.3. The molecule has 0 saturated heterocycles. The van der Waals surface area contributed by atoms with Gasteiger partial charge in [0, 0.05) is 35.4 Å². The number of carbonyl (C=O) groups excluding carboxylic acids is 2. The molecule has 1 unspecified atom stereocenters. The molecule has 0 saturated carbocycles. The molecule has 2 N–H and O–H groups in total. The lowest BCUT2D eigenvalue weighted by atomic mass is 10.0. The fourth-order valence-corrected chi connectivity index (χ4v) is 3.91. The SMILES string of the molecule is O=C(CCCCCNC(=O)/C(=C\c1ccc(F)c(P)c1)c1ccc(F)cc1)Nc1nccs1. The van der Waals surface area contributed by atoms with Crippen LogP contribution in [0.5, 0.6) is 0 Å². The van der Waals surface area contributed by atoms with Gasteiger partial charge >= 0.3 is 0 Å². The number of hydrogen-bond acceptors (Lipinski definition) is 4. The van der Waals surface area contributed by atoms with E-state index in [4.69, 9.17) is 0 Å². The molecule has 0 aliphatic rings. The third kappa shape index (κ3) is 7.84. The average Bonchev–Trinajstić information content (AvgIpc) is 3.30. The molecule has 0 bridgehead atoms. The molecule has 2 aromatic carbocycles. The molecule has 1 aromatic heterocycles. The zero-order valence-corrected chi connectivity index (χ0v) is 19.8. The van der Waals surface area contributed by atoms with Crippen LogP contribution in [0, 0.1) is 11.6 Å². The molecule has 3 rings (SSSR count). The van der Waals surface area contributed by atoms with Gasteiger partial charge in [0.2, 0.25) is 5.91 Å². The lowest BCUT2D eigenvalue weighted by molar-refractivity contribution is -0.117. The fourth-order valence-electron chi connectivity index (χ4n) is 3.08. The van der Waals surface area contributed by atoms with Gasteiger partial charge in [0.1, 0.15) is 11.6 Å². The van der Waals surface area contributed by atoms with Crippen LogP contribution in [0.2, 0.25) is 0 Å². The first-order chi connectivity index (χ1) is 15.9. The molecule has 0 fully saturated rings. The Balaban J connectivity index is 1.54. The van der Waals surface area contributed by atoms with Gasteiger partial charge in [-0.3, -0.25) is 9.59 Å². The lowest BCUT2D eigenvalue weighted by Gasteiger charge is -2.10. The van der Waals surface area contributed by atoms with Crippen molar-refractivity contribution < 1.29 is 18.4 Å². The zero-order chi connectivity index (χ0) is 23.6. The molecule has 0 spiro atoms. The van der Waals surface area contributed by atoms with E-state index < -0.39 is 5.82 Å². The van der Waals surface area contributed by atoms with Crippen LogP contribution in [-0.4, -0.2) is 23.3 Å². The fraction of sp³-hybridized carbons (Fsp3) is 0.208. The number of carbonyl (C=O) groups is 2. The van der Waals surface area contributed by atoms with Crippen LogP contribution in [-0.2, 0) is 9.59 Å². The summed E-state index contributed by atoms with van der Waals surface area (Å²) in [5.74, 6) is -1.14. The molecule has 0 aliphatic carbocycles. The molecule has 33 heavy (non-hydrogen) atoms. The number of thiazole rings is 1. The van der Waals surface area contributed by atoms with Crippen molar-refractivity contribution in [2.75, 3.05) is 11.9 Å². The Bertz CT molecular complexity index is 1120. The first kappa shape index (κ1) is 24.7. The van der Waals surface area contributed by atoms with Crippen LogP contribution in [0.3, 0.4) is 0 Å². The van der Waals surface area contributed by atoms with Gasteiger partial charge in [0.25, 0.3) is 5.91 Å². The van der Waals surface area contributed by atoms with Gasteiger partial charge in [0.05, 0.1) is 0 Å². The maximum Gasteiger partial charge on any atom is 0.251 e. The summed E-state index contributed by atoms with van der Waals surface area (Å²) in [7, 11) is 2.32. The van der Waals surface area contributed by atoms with Crippen LogP contribution < -0.4 is 15.9 Å². The van der Waals surface area contributed by atoms with E-state index in [1.165, 1.54) is 41.7 Å². The van der Waals surface area contributed by atoms with Crippen molar-refractivity contribution in [1.29, 1.82) is 0 Å². The molecule has 172 valence electrons. The summed E-state index contributed by atoms with van der Waals surface area (Å²) in [6, 6.07) is 10.2.